The molecule has 0 nitrogen and oxygen atoms in total. The van der Waals surface area contributed by atoms with Gasteiger partial charge in [0.25, 0.3) is 0 Å². The van der Waals surface area contributed by atoms with Gasteiger partial charge in [0.05, 0.1) is 0 Å². The van der Waals surface area contributed by atoms with E-state index < -0.39 is 0 Å². The van der Waals surface area contributed by atoms with Gasteiger partial charge in [-0.2, -0.15) is 6.07 Å². The molecule has 0 bridgehead atoms. The van der Waals surface area contributed by atoms with Gasteiger partial charge in [-0.25, -0.2) is 0 Å². The number of aryl methyl sites for hydroxylation is 2. The van der Waals surface area contributed by atoms with Crippen LogP contribution in [0.3, 0.4) is 0 Å². The summed E-state index contributed by atoms with van der Waals surface area (Å²) in [5, 5.41) is 2.75. The van der Waals surface area contributed by atoms with Gasteiger partial charge in [0, 0.05) is 0 Å². The van der Waals surface area contributed by atoms with E-state index in [2.05, 4.69) is 68.4 Å². The zero-order chi connectivity index (χ0) is 11.8. The predicted molar refractivity (Wildman–Crippen MR) is 74.5 cm³/mol. The number of fused-ring (bicyclic) bond motifs is 1. The maximum absolute atomic E-state index is 2.28. The van der Waals surface area contributed by atoms with Crippen molar-refractivity contribution in [2.24, 2.45) is 0 Å². The second-order valence-corrected chi connectivity index (χ2v) is 4.66. The number of hydrogen-bond acceptors (Lipinski definition) is 0. The minimum absolute atomic E-state index is 0. The first kappa shape index (κ1) is 19.5. The fourth-order valence-corrected chi connectivity index (χ4v) is 2.46. The molecule has 0 amide bonds. The Bertz CT molecular complexity index is 672. The molecular formula is C17H15Cl2Zr. The van der Waals surface area contributed by atoms with Crippen molar-refractivity contribution >= 4 is 10.8 Å². The van der Waals surface area contributed by atoms with Gasteiger partial charge in [-0.15, -0.1) is 34.0 Å². The van der Waals surface area contributed by atoms with Crippen LogP contribution in [0.25, 0.3) is 21.9 Å². The molecule has 0 saturated heterocycles. The van der Waals surface area contributed by atoms with Crippen LogP contribution in [0.5, 0.6) is 0 Å². The quantitative estimate of drug-likeness (QED) is 0.467. The molecule has 0 N–H and O–H groups in total. The third kappa shape index (κ3) is 3.58. The second kappa shape index (κ2) is 8.08. The molecular weight excluding hydrogens is 366 g/mol. The number of hydrogen-bond donors (Lipinski definition) is 0. The molecule has 0 aliphatic heterocycles. The molecule has 101 valence electrons. The molecule has 0 saturated carbocycles. The third-order valence-electron chi connectivity index (χ3n) is 3.33. The Morgan fingerprint density at radius 3 is 2.15 bits per heavy atom. The smallest absolute Gasteiger partial charge is 1.00 e. The number of rotatable bonds is 1. The van der Waals surface area contributed by atoms with Crippen molar-refractivity contribution < 1.29 is 51.0 Å². The van der Waals surface area contributed by atoms with Crippen LogP contribution in [0.1, 0.15) is 11.1 Å². The molecule has 0 aliphatic carbocycles. The number of halogens is 2. The molecule has 1 radical (unpaired) electrons. The molecule has 3 aromatic carbocycles. The summed E-state index contributed by atoms with van der Waals surface area (Å²) in [4.78, 5) is 0. The minimum atomic E-state index is 0. The summed E-state index contributed by atoms with van der Waals surface area (Å²) < 4.78 is 0. The molecule has 3 aromatic rings. The van der Waals surface area contributed by atoms with Crippen LogP contribution in [0.2, 0.25) is 0 Å². The molecule has 0 atom stereocenters. The van der Waals surface area contributed by atoms with Gasteiger partial charge in [0.2, 0.25) is 0 Å². The zero-order valence-electron chi connectivity index (χ0n) is 11.5. The van der Waals surface area contributed by atoms with E-state index in [0.717, 1.165) is 0 Å². The van der Waals surface area contributed by atoms with Crippen molar-refractivity contribution in [3.05, 3.63) is 65.7 Å². The van der Waals surface area contributed by atoms with E-state index in [-0.39, 0.29) is 51.0 Å². The third-order valence-corrected chi connectivity index (χ3v) is 3.33. The Morgan fingerprint density at radius 2 is 1.50 bits per heavy atom. The van der Waals surface area contributed by atoms with E-state index in [1.165, 1.54) is 33.0 Å². The normalized spacial score (nSPS) is 9.30. The fourth-order valence-electron chi connectivity index (χ4n) is 2.46. The van der Waals surface area contributed by atoms with Crippen LogP contribution in [0, 0.1) is 13.8 Å². The predicted octanol–water partition coefficient (Wildman–Crippen LogP) is -1.15. The van der Waals surface area contributed by atoms with E-state index in [0.29, 0.717) is 0 Å². The number of benzene rings is 2. The Kier molecular flexibility index (Phi) is 7.88. The zero-order valence-corrected chi connectivity index (χ0v) is 15.4. The van der Waals surface area contributed by atoms with Crippen molar-refractivity contribution in [1.82, 2.24) is 0 Å². The SMILES string of the molecule is Cc1cc2c(-c3ccccc3)ccc(C)c2[cH-]1.[Cl-].[Cl-].[Zr+3]. The topological polar surface area (TPSA) is 0 Å². The van der Waals surface area contributed by atoms with Crippen LogP contribution >= 0.6 is 0 Å². The van der Waals surface area contributed by atoms with Gasteiger partial charge in [-0.3, -0.25) is 0 Å². The standard InChI is InChI=1S/C17H15.2ClH.Zr/c1-12-10-16-13(2)8-9-15(17(16)11-12)14-6-4-3-5-7-14;;;/h3-11H,1-2H3;2*1H;/q-1;;;+3/p-2. The molecule has 0 heterocycles. The first-order chi connectivity index (χ1) is 8.25. The summed E-state index contributed by atoms with van der Waals surface area (Å²) in [6, 6.07) is 19.6. The average Bonchev–Trinajstić information content (AvgIpc) is 2.73. The van der Waals surface area contributed by atoms with E-state index in [1.54, 1.807) is 0 Å². The summed E-state index contributed by atoms with van der Waals surface area (Å²) in [5.41, 5.74) is 5.32. The van der Waals surface area contributed by atoms with Crippen molar-refractivity contribution in [3.63, 3.8) is 0 Å². The molecule has 0 unspecified atom stereocenters. The van der Waals surface area contributed by atoms with Gasteiger partial charge in [-0.05, 0) is 5.56 Å². The molecule has 0 aliphatic rings. The Labute approximate surface area is 151 Å². The van der Waals surface area contributed by atoms with Crippen molar-refractivity contribution in [3.8, 4) is 11.1 Å². The van der Waals surface area contributed by atoms with E-state index in [9.17, 15) is 0 Å². The monoisotopic (exact) mass is 379 g/mol. The van der Waals surface area contributed by atoms with E-state index in [4.69, 9.17) is 0 Å². The van der Waals surface area contributed by atoms with Gasteiger partial charge >= 0.3 is 26.2 Å². The molecule has 0 spiro atoms. The van der Waals surface area contributed by atoms with Crippen LogP contribution < -0.4 is 24.8 Å². The minimum Gasteiger partial charge on any atom is -1.00 e. The van der Waals surface area contributed by atoms with Crippen molar-refractivity contribution in [2.45, 2.75) is 13.8 Å². The van der Waals surface area contributed by atoms with Gasteiger partial charge in [0.15, 0.2) is 0 Å². The molecule has 3 heteroatoms. The molecule has 0 aromatic heterocycles. The van der Waals surface area contributed by atoms with Crippen LogP contribution in [-0.2, 0) is 26.2 Å². The van der Waals surface area contributed by atoms with Crippen molar-refractivity contribution in [1.29, 1.82) is 0 Å². The van der Waals surface area contributed by atoms with Crippen LogP contribution in [-0.4, -0.2) is 0 Å². The molecule has 0 fully saturated rings. The average molecular weight is 381 g/mol. The van der Waals surface area contributed by atoms with Crippen LogP contribution in [0.15, 0.2) is 54.6 Å². The maximum atomic E-state index is 2.28. The summed E-state index contributed by atoms with van der Waals surface area (Å²) in [6.45, 7) is 4.34. The summed E-state index contributed by atoms with van der Waals surface area (Å²) in [7, 11) is 0. The van der Waals surface area contributed by atoms with Gasteiger partial charge in [0.1, 0.15) is 0 Å². The Hall–Kier alpha value is -0.487. The first-order valence-corrected chi connectivity index (χ1v) is 5.98. The second-order valence-electron chi connectivity index (χ2n) is 4.66. The summed E-state index contributed by atoms with van der Waals surface area (Å²) >= 11 is 0. The van der Waals surface area contributed by atoms with Crippen molar-refractivity contribution in [2.75, 3.05) is 0 Å². The maximum Gasteiger partial charge on any atom is 3.00 e. The van der Waals surface area contributed by atoms with E-state index in [1.807, 2.05) is 0 Å². The largest absolute Gasteiger partial charge is 3.00 e. The Balaban J connectivity index is 0.00000120. The van der Waals surface area contributed by atoms with Gasteiger partial charge < -0.3 is 24.8 Å². The molecule has 20 heavy (non-hydrogen) atoms. The summed E-state index contributed by atoms with van der Waals surface area (Å²) in [6.07, 6.45) is 0. The van der Waals surface area contributed by atoms with Gasteiger partial charge in [-0.1, -0.05) is 55.8 Å². The molecule has 3 rings (SSSR count). The Morgan fingerprint density at radius 1 is 0.850 bits per heavy atom. The fraction of sp³-hybridized carbons (Fsp3) is 0.118. The van der Waals surface area contributed by atoms with E-state index >= 15 is 0 Å². The summed E-state index contributed by atoms with van der Waals surface area (Å²) in [5.74, 6) is 0. The van der Waals surface area contributed by atoms with Crippen LogP contribution in [0.4, 0.5) is 0 Å². The first-order valence-electron chi connectivity index (χ1n) is 5.98.